The highest BCUT2D eigenvalue weighted by Crippen LogP contribution is 2.29. The van der Waals surface area contributed by atoms with Gasteiger partial charge in [-0.3, -0.25) is 0 Å². The molecule has 18 heavy (non-hydrogen) atoms. The van der Waals surface area contributed by atoms with Crippen LogP contribution in [0.1, 0.15) is 74.6 Å². The molecule has 1 unspecified atom stereocenters. The summed E-state index contributed by atoms with van der Waals surface area (Å²) in [6, 6.07) is 0.174. The number of imidazole rings is 1. The van der Waals surface area contributed by atoms with E-state index in [1.165, 1.54) is 56.5 Å². The van der Waals surface area contributed by atoms with E-state index in [1.807, 2.05) is 0 Å². The lowest BCUT2D eigenvalue weighted by molar-refractivity contribution is 0.449. The average Bonchev–Trinajstić information content (AvgIpc) is 2.60. The number of hydrogen-bond acceptors (Lipinski definition) is 2. The van der Waals surface area contributed by atoms with Gasteiger partial charge in [0.2, 0.25) is 0 Å². The van der Waals surface area contributed by atoms with E-state index in [0.29, 0.717) is 0 Å². The highest BCUT2D eigenvalue weighted by molar-refractivity contribution is 5.21. The molecule has 1 saturated carbocycles. The van der Waals surface area contributed by atoms with Crippen molar-refractivity contribution in [1.82, 2.24) is 9.97 Å². The predicted molar refractivity (Wildman–Crippen MR) is 73.4 cm³/mol. The number of nitrogens with one attached hydrogen (secondary N) is 1. The molecule has 1 fully saturated rings. The number of hydrogen-bond donors (Lipinski definition) is 2. The monoisotopic (exact) mass is 247 g/mol. The third-order valence-electron chi connectivity index (χ3n) is 4.61. The highest BCUT2D eigenvalue weighted by atomic mass is 15.0. The number of aromatic nitrogens is 2. The van der Waals surface area contributed by atoms with Gasteiger partial charge in [-0.25, -0.2) is 4.98 Å². The minimum atomic E-state index is 0.174. The molecule has 1 atom stereocenters. The molecule has 0 amide bonds. The first-order chi connectivity index (χ1) is 8.83. The van der Waals surface area contributed by atoms with Gasteiger partial charge in [0.15, 0.2) is 0 Å². The van der Waals surface area contributed by atoms with Crippen molar-refractivity contribution >= 4 is 0 Å². The zero-order valence-electron chi connectivity index (χ0n) is 11.3. The van der Waals surface area contributed by atoms with Crippen molar-refractivity contribution in [3.63, 3.8) is 0 Å². The number of aryl methyl sites for hydroxylation is 1. The second-order valence-corrected chi connectivity index (χ2v) is 6.11. The lowest BCUT2D eigenvalue weighted by Crippen LogP contribution is -2.17. The summed E-state index contributed by atoms with van der Waals surface area (Å²) in [7, 11) is 0. The van der Waals surface area contributed by atoms with Gasteiger partial charge in [0.1, 0.15) is 5.82 Å². The SMILES string of the molecule is NC1CCCc2[nH]c(CC3CCCCCC3)nc21. The molecule has 100 valence electrons. The summed E-state index contributed by atoms with van der Waals surface area (Å²) in [5, 5.41) is 0. The maximum atomic E-state index is 6.14. The van der Waals surface area contributed by atoms with Crippen LogP contribution in [0.15, 0.2) is 0 Å². The smallest absolute Gasteiger partial charge is 0.106 e. The van der Waals surface area contributed by atoms with Crippen LogP contribution in [0.5, 0.6) is 0 Å². The standard InChI is InChI=1S/C15H25N3/c16-12-8-5-9-13-15(12)18-14(17-13)10-11-6-3-1-2-4-7-11/h11-12H,1-10,16H2,(H,17,18). The molecule has 2 aliphatic carbocycles. The first kappa shape index (κ1) is 12.2. The molecule has 3 nitrogen and oxygen atoms in total. The average molecular weight is 247 g/mol. The molecule has 0 spiro atoms. The fourth-order valence-corrected chi connectivity index (χ4v) is 3.55. The second kappa shape index (κ2) is 5.43. The van der Waals surface area contributed by atoms with Crippen molar-refractivity contribution in [2.75, 3.05) is 0 Å². The van der Waals surface area contributed by atoms with Gasteiger partial charge >= 0.3 is 0 Å². The molecule has 0 aliphatic heterocycles. The van der Waals surface area contributed by atoms with E-state index in [2.05, 4.69) is 4.98 Å². The molecule has 0 radical (unpaired) electrons. The lowest BCUT2D eigenvalue weighted by Gasteiger charge is -2.15. The van der Waals surface area contributed by atoms with Gasteiger partial charge in [-0.15, -0.1) is 0 Å². The molecule has 2 aliphatic rings. The summed E-state index contributed by atoms with van der Waals surface area (Å²) in [5.41, 5.74) is 8.61. The summed E-state index contributed by atoms with van der Waals surface area (Å²) in [6.07, 6.45) is 13.0. The number of aromatic amines is 1. The maximum Gasteiger partial charge on any atom is 0.106 e. The van der Waals surface area contributed by atoms with Crippen LogP contribution in [-0.4, -0.2) is 9.97 Å². The third kappa shape index (κ3) is 2.61. The normalized spacial score (nSPS) is 25.7. The van der Waals surface area contributed by atoms with E-state index in [1.54, 1.807) is 0 Å². The van der Waals surface area contributed by atoms with Gasteiger partial charge in [0.25, 0.3) is 0 Å². The van der Waals surface area contributed by atoms with Gasteiger partial charge in [-0.05, 0) is 25.2 Å². The molecule has 0 bridgehead atoms. The van der Waals surface area contributed by atoms with Crippen molar-refractivity contribution < 1.29 is 0 Å². The van der Waals surface area contributed by atoms with E-state index in [4.69, 9.17) is 10.7 Å². The quantitative estimate of drug-likeness (QED) is 0.788. The Morgan fingerprint density at radius 1 is 1.06 bits per heavy atom. The molecule has 3 N–H and O–H groups in total. The van der Waals surface area contributed by atoms with Crippen LogP contribution >= 0.6 is 0 Å². The van der Waals surface area contributed by atoms with E-state index >= 15 is 0 Å². The maximum absolute atomic E-state index is 6.14. The highest BCUT2D eigenvalue weighted by Gasteiger charge is 2.22. The zero-order chi connectivity index (χ0) is 12.4. The molecule has 1 heterocycles. The van der Waals surface area contributed by atoms with Crippen LogP contribution < -0.4 is 5.73 Å². The van der Waals surface area contributed by atoms with E-state index in [0.717, 1.165) is 30.9 Å². The summed E-state index contributed by atoms with van der Waals surface area (Å²) in [6.45, 7) is 0. The van der Waals surface area contributed by atoms with Gasteiger partial charge in [-0.2, -0.15) is 0 Å². The Morgan fingerprint density at radius 3 is 2.56 bits per heavy atom. The fraction of sp³-hybridized carbons (Fsp3) is 0.800. The van der Waals surface area contributed by atoms with Crippen LogP contribution in [0.2, 0.25) is 0 Å². The van der Waals surface area contributed by atoms with Crippen molar-refractivity contribution in [2.24, 2.45) is 11.7 Å². The predicted octanol–water partition coefficient (Wildman–Crippen LogP) is 3.26. The van der Waals surface area contributed by atoms with Crippen molar-refractivity contribution in [3.8, 4) is 0 Å². The minimum absolute atomic E-state index is 0.174. The van der Waals surface area contributed by atoms with Gasteiger partial charge < -0.3 is 10.7 Å². The summed E-state index contributed by atoms with van der Waals surface area (Å²) in [4.78, 5) is 8.32. The Bertz CT molecular complexity index is 388. The summed E-state index contributed by atoms with van der Waals surface area (Å²) in [5.74, 6) is 2.04. The summed E-state index contributed by atoms with van der Waals surface area (Å²) >= 11 is 0. The Labute approximate surface area is 110 Å². The lowest BCUT2D eigenvalue weighted by atomic mass is 9.96. The number of nitrogens with zero attached hydrogens (tertiary/aromatic N) is 1. The van der Waals surface area contributed by atoms with Crippen LogP contribution in [0.3, 0.4) is 0 Å². The topological polar surface area (TPSA) is 54.7 Å². The van der Waals surface area contributed by atoms with Crippen molar-refractivity contribution in [1.29, 1.82) is 0 Å². The largest absolute Gasteiger partial charge is 0.346 e. The Kier molecular flexibility index (Phi) is 3.69. The van der Waals surface area contributed by atoms with E-state index in [-0.39, 0.29) is 6.04 Å². The second-order valence-electron chi connectivity index (χ2n) is 6.11. The van der Waals surface area contributed by atoms with Crippen LogP contribution in [-0.2, 0) is 12.8 Å². The van der Waals surface area contributed by atoms with Crippen LogP contribution in [0, 0.1) is 5.92 Å². The number of H-pyrrole nitrogens is 1. The zero-order valence-corrected chi connectivity index (χ0v) is 11.3. The molecular formula is C15H25N3. The molecule has 3 heteroatoms. The van der Waals surface area contributed by atoms with Crippen molar-refractivity contribution in [2.45, 2.75) is 70.3 Å². The fourth-order valence-electron chi connectivity index (χ4n) is 3.55. The van der Waals surface area contributed by atoms with E-state index in [9.17, 15) is 0 Å². The Morgan fingerprint density at radius 2 is 1.83 bits per heavy atom. The molecule has 3 rings (SSSR count). The molecular weight excluding hydrogens is 222 g/mol. The minimum Gasteiger partial charge on any atom is -0.346 e. The summed E-state index contributed by atoms with van der Waals surface area (Å²) < 4.78 is 0. The van der Waals surface area contributed by atoms with Gasteiger partial charge in [0.05, 0.1) is 5.69 Å². The number of rotatable bonds is 2. The molecule has 0 aromatic carbocycles. The van der Waals surface area contributed by atoms with Crippen LogP contribution in [0.25, 0.3) is 0 Å². The first-order valence-corrected chi connectivity index (χ1v) is 7.66. The molecule has 0 saturated heterocycles. The Hall–Kier alpha value is -0.830. The molecule has 1 aromatic heterocycles. The third-order valence-corrected chi connectivity index (χ3v) is 4.61. The van der Waals surface area contributed by atoms with Gasteiger partial charge in [0, 0.05) is 18.2 Å². The van der Waals surface area contributed by atoms with Crippen molar-refractivity contribution in [3.05, 3.63) is 17.2 Å². The number of nitrogens with two attached hydrogens (primary N) is 1. The number of fused-ring (bicyclic) bond motifs is 1. The molecule has 1 aromatic rings. The Balaban J connectivity index is 1.69. The first-order valence-electron chi connectivity index (χ1n) is 7.66. The van der Waals surface area contributed by atoms with Crippen LogP contribution in [0.4, 0.5) is 0 Å². The van der Waals surface area contributed by atoms with Gasteiger partial charge in [-0.1, -0.05) is 38.5 Å². The van der Waals surface area contributed by atoms with E-state index < -0.39 is 0 Å².